The quantitative estimate of drug-likeness (QED) is 0.568. The summed E-state index contributed by atoms with van der Waals surface area (Å²) in [5.41, 5.74) is -2.02. The van der Waals surface area contributed by atoms with Crippen LogP contribution < -0.4 is 5.32 Å². The fourth-order valence-corrected chi connectivity index (χ4v) is 1.74. The number of aliphatic hydroxyl groups is 1. The Labute approximate surface area is 110 Å². The standard InChI is InChI=1S/C11H18N2O6/c1-11(18,9(15)16)6-12-10(17)13-4-3-7(5-13)8(14)19-2/h7,18H,3-6H2,1-2H3,(H,12,17)(H,15,16). The third-order valence-corrected chi connectivity index (χ3v) is 3.05. The van der Waals surface area contributed by atoms with E-state index in [-0.39, 0.29) is 18.4 Å². The first-order valence-corrected chi connectivity index (χ1v) is 5.84. The average Bonchev–Trinajstić information content (AvgIpc) is 2.84. The number of rotatable bonds is 4. The lowest BCUT2D eigenvalue weighted by atomic mass is 10.1. The summed E-state index contributed by atoms with van der Waals surface area (Å²) in [6.45, 7) is 1.31. The number of methoxy groups -OCH3 is 1. The summed E-state index contributed by atoms with van der Waals surface area (Å²) in [4.78, 5) is 35.1. The molecule has 0 aromatic carbocycles. The number of amides is 2. The Kier molecular flexibility index (Phi) is 4.71. The molecule has 1 rings (SSSR count). The van der Waals surface area contributed by atoms with Crippen LogP contribution in [0.15, 0.2) is 0 Å². The van der Waals surface area contributed by atoms with Crippen molar-refractivity contribution >= 4 is 18.0 Å². The molecule has 19 heavy (non-hydrogen) atoms. The third-order valence-electron chi connectivity index (χ3n) is 3.05. The summed E-state index contributed by atoms with van der Waals surface area (Å²) in [5, 5.41) is 20.5. The summed E-state index contributed by atoms with van der Waals surface area (Å²) in [5.74, 6) is -2.13. The van der Waals surface area contributed by atoms with E-state index in [1.165, 1.54) is 12.0 Å². The smallest absolute Gasteiger partial charge is 0.337 e. The highest BCUT2D eigenvalue weighted by Crippen LogP contribution is 2.17. The number of hydrogen-bond acceptors (Lipinski definition) is 5. The molecule has 1 saturated heterocycles. The molecule has 1 aliphatic rings. The topological polar surface area (TPSA) is 116 Å². The van der Waals surface area contributed by atoms with E-state index < -0.39 is 24.1 Å². The van der Waals surface area contributed by atoms with Crippen LogP contribution in [0, 0.1) is 5.92 Å². The number of likely N-dealkylation sites (tertiary alicyclic amines) is 1. The van der Waals surface area contributed by atoms with E-state index in [4.69, 9.17) is 5.11 Å². The van der Waals surface area contributed by atoms with E-state index in [1.807, 2.05) is 0 Å². The molecule has 108 valence electrons. The molecule has 0 spiro atoms. The second-order valence-corrected chi connectivity index (χ2v) is 4.69. The molecular weight excluding hydrogens is 256 g/mol. The predicted octanol–water partition coefficient (Wildman–Crippen LogP) is -0.973. The number of urea groups is 1. The van der Waals surface area contributed by atoms with Gasteiger partial charge in [0, 0.05) is 13.1 Å². The van der Waals surface area contributed by atoms with Gasteiger partial charge in [0.1, 0.15) is 0 Å². The Hall–Kier alpha value is -1.83. The van der Waals surface area contributed by atoms with E-state index in [0.717, 1.165) is 6.92 Å². The molecule has 0 radical (unpaired) electrons. The van der Waals surface area contributed by atoms with Crippen molar-refractivity contribution in [3.8, 4) is 0 Å². The predicted molar refractivity (Wildman–Crippen MR) is 63.4 cm³/mol. The normalized spacial score (nSPS) is 21.6. The van der Waals surface area contributed by atoms with Crippen LogP contribution in [0.2, 0.25) is 0 Å². The second-order valence-electron chi connectivity index (χ2n) is 4.69. The summed E-state index contributed by atoms with van der Waals surface area (Å²) < 4.78 is 4.59. The van der Waals surface area contributed by atoms with Gasteiger partial charge in [-0.15, -0.1) is 0 Å². The number of esters is 1. The molecule has 2 atom stereocenters. The first-order chi connectivity index (χ1) is 8.77. The van der Waals surface area contributed by atoms with E-state index in [2.05, 4.69) is 10.1 Å². The highest BCUT2D eigenvalue weighted by molar-refractivity contribution is 5.80. The molecule has 1 fully saturated rings. The number of hydrogen-bond donors (Lipinski definition) is 3. The van der Waals surface area contributed by atoms with Gasteiger partial charge in [-0.05, 0) is 13.3 Å². The Balaban J connectivity index is 2.44. The van der Waals surface area contributed by atoms with Gasteiger partial charge < -0.3 is 25.2 Å². The fourth-order valence-electron chi connectivity index (χ4n) is 1.74. The van der Waals surface area contributed by atoms with Gasteiger partial charge in [-0.1, -0.05) is 0 Å². The summed E-state index contributed by atoms with van der Waals surface area (Å²) in [7, 11) is 1.29. The van der Waals surface area contributed by atoms with Crippen LogP contribution in [0.4, 0.5) is 4.79 Å². The molecule has 0 saturated carbocycles. The maximum Gasteiger partial charge on any atom is 0.337 e. The monoisotopic (exact) mass is 274 g/mol. The zero-order valence-corrected chi connectivity index (χ0v) is 10.9. The van der Waals surface area contributed by atoms with Gasteiger partial charge in [-0.25, -0.2) is 9.59 Å². The molecular formula is C11H18N2O6. The van der Waals surface area contributed by atoms with Crippen molar-refractivity contribution in [1.82, 2.24) is 10.2 Å². The van der Waals surface area contributed by atoms with Crippen LogP contribution in [-0.2, 0) is 14.3 Å². The number of aliphatic carboxylic acids is 1. The van der Waals surface area contributed by atoms with E-state index in [9.17, 15) is 19.5 Å². The average molecular weight is 274 g/mol. The van der Waals surface area contributed by atoms with Crippen molar-refractivity contribution in [2.24, 2.45) is 5.92 Å². The largest absolute Gasteiger partial charge is 0.479 e. The van der Waals surface area contributed by atoms with Crippen molar-refractivity contribution in [2.45, 2.75) is 18.9 Å². The Morgan fingerprint density at radius 3 is 2.63 bits per heavy atom. The molecule has 0 aromatic rings. The van der Waals surface area contributed by atoms with E-state index in [0.29, 0.717) is 13.0 Å². The lowest BCUT2D eigenvalue weighted by Crippen LogP contribution is -2.49. The number of carboxylic acids is 1. The maximum absolute atomic E-state index is 11.7. The molecule has 0 aliphatic carbocycles. The van der Waals surface area contributed by atoms with Crippen LogP contribution >= 0.6 is 0 Å². The van der Waals surface area contributed by atoms with Crippen LogP contribution in [0.3, 0.4) is 0 Å². The lowest BCUT2D eigenvalue weighted by Gasteiger charge is -2.22. The Morgan fingerprint density at radius 2 is 2.11 bits per heavy atom. The fraction of sp³-hybridized carbons (Fsp3) is 0.727. The molecule has 0 bridgehead atoms. The van der Waals surface area contributed by atoms with Crippen molar-refractivity contribution in [1.29, 1.82) is 0 Å². The van der Waals surface area contributed by atoms with E-state index >= 15 is 0 Å². The molecule has 2 amide bonds. The maximum atomic E-state index is 11.7. The minimum absolute atomic E-state index is 0.230. The van der Waals surface area contributed by atoms with Crippen molar-refractivity contribution in [3.05, 3.63) is 0 Å². The molecule has 0 aromatic heterocycles. The number of nitrogens with zero attached hydrogens (tertiary/aromatic N) is 1. The Bertz CT molecular complexity index is 381. The Morgan fingerprint density at radius 1 is 1.47 bits per heavy atom. The van der Waals surface area contributed by atoms with Crippen molar-refractivity contribution in [2.75, 3.05) is 26.7 Å². The first kappa shape index (κ1) is 15.2. The first-order valence-electron chi connectivity index (χ1n) is 5.84. The molecule has 3 N–H and O–H groups in total. The van der Waals surface area contributed by atoms with Crippen LogP contribution in [0.25, 0.3) is 0 Å². The minimum Gasteiger partial charge on any atom is -0.479 e. The van der Waals surface area contributed by atoms with Crippen molar-refractivity contribution < 1.29 is 29.3 Å². The summed E-state index contributed by atoms with van der Waals surface area (Å²) >= 11 is 0. The van der Waals surface area contributed by atoms with E-state index in [1.54, 1.807) is 0 Å². The van der Waals surface area contributed by atoms with Gasteiger partial charge in [0.05, 0.1) is 19.6 Å². The second kappa shape index (κ2) is 5.87. The van der Waals surface area contributed by atoms with Crippen LogP contribution in [-0.4, -0.2) is 65.4 Å². The number of carboxylic acid groups (broad SMARTS) is 1. The number of carbonyl (C=O) groups excluding carboxylic acids is 2. The van der Waals surface area contributed by atoms with Gasteiger partial charge in [0.25, 0.3) is 0 Å². The van der Waals surface area contributed by atoms with Gasteiger partial charge in [-0.2, -0.15) is 0 Å². The number of nitrogens with one attached hydrogen (secondary N) is 1. The summed E-state index contributed by atoms with van der Waals surface area (Å²) in [6, 6.07) is -0.507. The van der Waals surface area contributed by atoms with Gasteiger partial charge >= 0.3 is 18.0 Å². The minimum atomic E-state index is -2.02. The molecule has 8 heteroatoms. The lowest BCUT2D eigenvalue weighted by molar-refractivity contribution is -0.155. The third kappa shape index (κ3) is 3.82. The number of ether oxygens (including phenoxy) is 1. The zero-order valence-electron chi connectivity index (χ0n) is 10.9. The van der Waals surface area contributed by atoms with Gasteiger partial charge in [-0.3, -0.25) is 4.79 Å². The molecule has 2 unspecified atom stereocenters. The summed E-state index contributed by atoms with van der Waals surface area (Å²) in [6.07, 6.45) is 0.509. The molecule has 8 nitrogen and oxygen atoms in total. The van der Waals surface area contributed by atoms with Crippen molar-refractivity contribution in [3.63, 3.8) is 0 Å². The number of carbonyl (C=O) groups is 3. The highest BCUT2D eigenvalue weighted by atomic mass is 16.5. The molecule has 1 aliphatic heterocycles. The molecule has 1 heterocycles. The highest BCUT2D eigenvalue weighted by Gasteiger charge is 2.34. The van der Waals surface area contributed by atoms with Gasteiger partial charge in [0.2, 0.25) is 0 Å². The van der Waals surface area contributed by atoms with Crippen LogP contribution in [0.1, 0.15) is 13.3 Å². The van der Waals surface area contributed by atoms with Crippen LogP contribution in [0.5, 0.6) is 0 Å². The zero-order chi connectivity index (χ0) is 14.6. The SMILES string of the molecule is COC(=O)C1CCN(C(=O)NCC(C)(O)C(=O)O)C1. The van der Waals surface area contributed by atoms with Gasteiger partial charge in [0.15, 0.2) is 5.60 Å².